The highest BCUT2D eigenvalue weighted by Crippen LogP contribution is 2.49. The fraction of sp³-hybridized carbons (Fsp3) is 0. The lowest BCUT2D eigenvalue weighted by molar-refractivity contribution is 1.01. The van der Waals surface area contributed by atoms with Gasteiger partial charge in [0.2, 0.25) is 5.95 Å². The molecule has 0 bridgehead atoms. The first-order valence-corrected chi connectivity index (χ1v) is 20.6. The predicted octanol–water partition coefficient (Wildman–Crippen LogP) is 15.1. The quantitative estimate of drug-likeness (QED) is 0.130. The van der Waals surface area contributed by atoms with E-state index < -0.39 is 0 Å². The molecule has 0 aliphatic rings. The summed E-state index contributed by atoms with van der Waals surface area (Å²) in [4.78, 5) is 10.9. The van der Waals surface area contributed by atoms with Gasteiger partial charge in [-0.25, -0.2) is 9.97 Å². The van der Waals surface area contributed by atoms with Crippen molar-refractivity contribution in [2.24, 2.45) is 0 Å². The third kappa shape index (κ3) is 3.97. The van der Waals surface area contributed by atoms with Crippen molar-refractivity contribution in [2.45, 2.75) is 0 Å². The van der Waals surface area contributed by atoms with E-state index in [2.05, 4.69) is 180 Å². The van der Waals surface area contributed by atoms with E-state index in [1.165, 1.54) is 95.6 Å². The van der Waals surface area contributed by atoms with Gasteiger partial charge < -0.3 is 0 Å². The van der Waals surface area contributed by atoms with Crippen LogP contribution in [0.1, 0.15) is 0 Å². The molecule has 0 fully saturated rings. The number of para-hydroxylation sites is 2. The van der Waals surface area contributed by atoms with E-state index in [4.69, 9.17) is 9.97 Å². The molecule has 0 radical (unpaired) electrons. The summed E-state index contributed by atoms with van der Waals surface area (Å²) < 4.78 is 4.95. The van der Waals surface area contributed by atoms with E-state index in [0.29, 0.717) is 5.95 Å². The van der Waals surface area contributed by atoms with Gasteiger partial charge in [0.25, 0.3) is 0 Å². The first-order chi connectivity index (χ1) is 28.8. The highest BCUT2D eigenvalue weighted by atomic mass is 32.1. The van der Waals surface area contributed by atoms with Gasteiger partial charge in [-0.1, -0.05) is 140 Å². The normalized spacial score (nSPS) is 12.5. The number of fused-ring (bicyclic) bond motifs is 14. The fourth-order valence-corrected chi connectivity index (χ4v) is 11.4. The monoisotopic (exact) mass is 751 g/mol. The molecule has 0 aliphatic carbocycles. The third-order valence-corrected chi connectivity index (χ3v) is 13.8. The van der Waals surface area contributed by atoms with Crippen molar-refractivity contribution in [1.29, 1.82) is 0 Å². The van der Waals surface area contributed by atoms with Crippen molar-refractivity contribution in [3.8, 4) is 17.2 Å². The van der Waals surface area contributed by atoms with Crippen LogP contribution < -0.4 is 0 Å². The Morgan fingerprint density at radius 3 is 1.84 bits per heavy atom. The van der Waals surface area contributed by atoms with E-state index in [-0.39, 0.29) is 0 Å². The van der Waals surface area contributed by atoms with Crippen LogP contribution in [0.2, 0.25) is 0 Å². The molecule has 0 aliphatic heterocycles. The molecule has 0 atom stereocenters. The first-order valence-electron chi connectivity index (χ1n) is 19.8. The Hall–Kier alpha value is -7.40. The molecule has 3 nitrogen and oxygen atoms in total. The summed E-state index contributed by atoms with van der Waals surface area (Å²) in [6.07, 6.45) is 0. The molecular weight excluding hydrogens is 723 g/mol. The van der Waals surface area contributed by atoms with Gasteiger partial charge in [0.15, 0.2) is 0 Å². The molecule has 14 aromatic rings. The largest absolute Gasteiger partial charge is 0.278 e. The Bertz CT molecular complexity index is 4100. The molecule has 4 heteroatoms. The smallest absolute Gasteiger partial charge is 0.235 e. The number of nitrogens with zero attached hydrogens (tertiary/aromatic N) is 3. The molecule has 0 saturated heterocycles. The summed E-state index contributed by atoms with van der Waals surface area (Å²) in [5.41, 5.74) is 5.12. The minimum Gasteiger partial charge on any atom is -0.278 e. The fourth-order valence-electron chi connectivity index (χ4n) is 10.3. The SMILES string of the molecule is c1ccc2c(c1)ccc1cc(-c3nc(-n4c5ccccc5c5c6cccc7c8cccc9c%10c(cc(c(cc54)c76)c89)sc4ccccc4%10)nc4ccccc34)ccc12. The van der Waals surface area contributed by atoms with Crippen molar-refractivity contribution in [1.82, 2.24) is 14.5 Å². The van der Waals surface area contributed by atoms with Crippen LogP contribution in [-0.4, -0.2) is 14.5 Å². The van der Waals surface area contributed by atoms with Gasteiger partial charge in [-0.2, -0.15) is 0 Å². The van der Waals surface area contributed by atoms with Gasteiger partial charge in [0.05, 0.1) is 22.2 Å². The van der Waals surface area contributed by atoms with Crippen LogP contribution in [0.15, 0.2) is 176 Å². The van der Waals surface area contributed by atoms with E-state index in [0.717, 1.165) is 33.2 Å². The van der Waals surface area contributed by atoms with Gasteiger partial charge >= 0.3 is 0 Å². The second-order valence-corrected chi connectivity index (χ2v) is 16.7. The van der Waals surface area contributed by atoms with Crippen LogP contribution in [0, 0.1) is 0 Å². The number of thiophene rings is 1. The standard InChI is InChI=1S/C54H29N3S/c1-2-12-33-30(11-1)23-24-31-27-32(25-26-34(31)33)53-37-13-3-6-20-44(37)55-54(56-53)57-45-21-7-4-14-38(45)51-40-18-9-16-35-36-17-10-19-41-50(36)43(42(49(35)40)28-46(51)57)29-48-52(41)39-15-5-8-22-47(39)58-48/h1-29H. The van der Waals surface area contributed by atoms with Gasteiger partial charge in [-0.05, 0) is 101 Å². The zero-order valence-electron chi connectivity index (χ0n) is 31.0. The Morgan fingerprint density at radius 1 is 0.345 bits per heavy atom. The molecule has 0 spiro atoms. The highest BCUT2D eigenvalue weighted by Gasteiger charge is 2.23. The van der Waals surface area contributed by atoms with E-state index >= 15 is 0 Å². The van der Waals surface area contributed by atoms with Crippen LogP contribution in [0.3, 0.4) is 0 Å². The van der Waals surface area contributed by atoms with Crippen LogP contribution >= 0.6 is 11.3 Å². The zero-order valence-corrected chi connectivity index (χ0v) is 31.8. The topological polar surface area (TPSA) is 30.7 Å². The number of rotatable bonds is 2. The van der Waals surface area contributed by atoms with Gasteiger partial charge in [0.1, 0.15) is 0 Å². The van der Waals surface area contributed by atoms with E-state index in [9.17, 15) is 0 Å². The van der Waals surface area contributed by atoms with E-state index in [1.54, 1.807) is 0 Å². The molecular formula is C54H29N3S. The molecule has 11 aromatic carbocycles. The minimum absolute atomic E-state index is 0.669. The lowest BCUT2D eigenvalue weighted by Gasteiger charge is -2.17. The minimum atomic E-state index is 0.669. The van der Waals surface area contributed by atoms with Gasteiger partial charge in [-0.15, -0.1) is 11.3 Å². The van der Waals surface area contributed by atoms with Crippen LogP contribution in [-0.2, 0) is 0 Å². The lowest BCUT2D eigenvalue weighted by Crippen LogP contribution is -2.03. The zero-order chi connectivity index (χ0) is 37.6. The molecule has 58 heavy (non-hydrogen) atoms. The summed E-state index contributed by atoms with van der Waals surface area (Å²) in [7, 11) is 0. The number of aromatic nitrogens is 3. The molecule has 14 rings (SSSR count). The third-order valence-electron chi connectivity index (χ3n) is 12.7. The molecule has 0 N–H and O–H groups in total. The van der Waals surface area contributed by atoms with Crippen LogP contribution in [0.4, 0.5) is 0 Å². The average Bonchev–Trinajstić information content (AvgIpc) is 3.83. The lowest BCUT2D eigenvalue weighted by atomic mass is 9.87. The van der Waals surface area contributed by atoms with Crippen molar-refractivity contribution in [2.75, 3.05) is 0 Å². The Labute approximate surface area is 335 Å². The first kappa shape index (κ1) is 30.8. The summed E-state index contributed by atoms with van der Waals surface area (Å²) in [5.74, 6) is 0.669. The summed E-state index contributed by atoms with van der Waals surface area (Å²) in [6.45, 7) is 0. The molecule has 0 saturated carbocycles. The summed E-state index contributed by atoms with van der Waals surface area (Å²) >= 11 is 1.89. The van der Waals surface area contributed by atoms with Crippen molar-refractivity contribution in [3.63, 3.8) is 0 Å². The van der Waals surface area contributed by atoms with Gasteiger partial charge in [-0.3, -0.25) is 4.57 Å². The number of benzene rings is 11. The van der Waals surface area contributed by atoms with Gasteiger partial charge in [0, 0.05) is 41.9 Å². The van der Waals surface area contributed by atoms with Crippen molar-refractivity contribution in [3.05, 3.63) is 176 Å². The highest BCUT2D eigenvalue weighted by molar-refractivity contribution is 7.26. The Balaban J connectivity index is 1.12. The second-order valence-electron chi connectivity index (χ2n) is 15.6. The Morgan fingerprint density at radius 2 is 0.983 bits per heavy atom. The summed E-state index contributed by atoms with van der Waals surface area (Å²) in [5, 5.41) is 21.4. The predicted molar refractivity (Wildman–Crippen MR) is 248 cm³/mol. The van der Waals surface area contributed by atoms with Crippen molar-refractivity contribution >= 4 is 129 Å². The second kappa shape index (κ2) is 11.1. The Kier molecular flexibility index (Phi) is 5.91. The van der Waals surface area contributed by atoms with Crippen molar-refractivity contribution < 1.29 is 0 Å². The van der Waals surface area contributed by atoms with E-state index in [1.807, 2.05) is 11.3 Å². The molecule has 3 heterocycles. The summed E-state index contributed by atoms with van der Waals surface area (Å²) in [6, 6.07) is 64.5. The number of hydrogen-bond acceptors (Lipinski definition) is 3. The van der Waals surface area contributed by atoms with Crippen LogP contribution in [0.5, 0.6) is 0 Å². The molecule has 266 valence electrons. The molecule has 0 unspecified atom stereocenters. The molecule has 3 aromatic heterocycles. The maximum absolute atomic E-state index is 5.54. The maximum Gasteiger partial charge on any atom is 0.235 e. The maximum atomic E-state index is 5.54. The average molecular weight is 752 g/mol. The number of hydrogen-bond donors (Lipinski definition) is 0. The molecule has 0 amide bonds. The van der Waals surface area contributed by atoms with Crippen LogP contribution in [0.25, 0.3) is 135 Å².